The first kappa shape index (κ1) is 20.6. The molecular weight excluding hydrogens is 399 g/mol. The summed E-state index contributed by atoms with van der Waals surface area (Å²) < 4.78 is 16.2. The number of aromatic nitrogens is 3. The quantitative estimate of drug-likeness (QED) is 0.508. The number of aryl methyl sites for hydroxylation is 1. The maximum atomic E-state index is 14.2. The highest BCUT2D eigenvalue weighted by atomic mass is 32.2. The molecule has 1 N–H and O–H groups in total. The number of nitrogens with one attached hydrogen (secondary N) is 1. The Bertz CT molecular complexity index is 1000. The Kier molecular flexibility index (Phi) is 6.47. The molecule has 0 aliphatic heterocycles. The zero-order chi connectivity index (χ0) is 20.9. The molecule has 156 valence electrons. The lowest BCUT2D eigenvalue weighted by molar-refractivity contribution is -0.119. The molecule has 1 fully saturated rings. The van der Waals surface area contributed by atoms with E-state index in [1.165, 1.54) is 23.4 Å². The van der Waals surface area contributed by atoms with E-state index < -0.39 is 0 Å². The largest absolute Gasteiger partial charge is 0.353 e. The summed E-state index contributed by atoms with van der Waals surface area (Å²) in [6.07, 6.45) is 3.86. The Hall–Kier alpha value is -2.67. The van der Waals surface area contributed by atoms with Gasteiger partial charge >= 0.3 is 0 Å². The average molecular weight is 425 g/mol. The number of benzene rings is 2. The fourth-order valence-corrected chi connectivity index (χ4v) is 4.23. The van der Waals surface area contributed by atoms with Crippen molar-refractivity contribution in [2.45, 2.75) is 49.8 Å². The second-order valence-electron chi connectivity index (χ2n) is 7.67. The van der Waals surface area contributed by atoms with Crippen LogP contribution in [0.25, 0.3) is 11.4 Å². The molecule has 1 aliphatic carbocycles. The Morgan fingerprint density at radius 2 is 1.90 bits per heavy atom. The molecule has 7 heteroatoms. The Morgan fingerprint density at radius 3 is 2.63 bits per heavy atom. The van der Waals surface area contributed by atoms with Crippen LogP contribution in [0.5, 0.6) is 0 Å². The second-order valence-corrected chi connectivity index (χ2v) is 8.61. The molecule has 0 radical (unpaired) electrons. The van der Waals surface area contributed by atoms with E-state index >= 15 is 0 Å². The van der Waals surface area contributed by atoms with Gasteiger partial charge in [-0.15, -0.1) is 10.2 Å². The lowest BCUT2D eigenvalue weighted by atomic mass is 10.1. The molecule has 30 heavy (non-hydrogen) atoms. The predicted molar refractivity (Wildman–Crippen MR) is 117 cm³/mol. The first-order valence-electron chi connectivity index (χ1n) is 10.3. The summed E-state index contributed by atoms with van der Waals surface area (Å²) in [5.41, 5.74) is 1.72. The van der Waals surface area contributed by atoms with E-state index in [0.717, 1.165) is 25.7 Å². The molecule has 0 spiro atoms. The lowest BCUT2D eigenvalue weighted by Crippen LogP contribution is -2.34. The predicted octanol–water partition coefficient (Wildman–Crippen LogP) is 4.65. The molecule has 0 unspecified atom stereocenters. The van der Waals surface area contributed by atoms with Crippen molar-refractivity contribution in [2.75, 3.05) is 5.75 Å². The van der Waals surface area contributed by atoms with Crippen LogP contribution >= 0.6 is 11.8 Å². The van der Waals surface area contributed by atoms with E-state index in [2.05, 4.69) is 27.6 Å². The Labute approximate surface area is 180 Å². The zero-order valence-corrected chi connectivity index (χ0v) is 17.7. The smallest absolute Gasteiger partial charge is 0.230 e. The van der Waals surface area contributed by atoms with E-state index in [1.807, 2.05) is 29.7 Å². The first-order chi connectivity index (χ1) is 14.6. The van der Waals surface area contributed by atoms with Gasteiger partial charge in [0.2, 0.25) is 5.91 Å². The maximum Gasteiger partial charge on any atom is 0.230 e. The van der Waals surface area contributed by atoms with Crippen molar-refractivity contribution in [1.29, 1.82) is 0 Å². The minimum absolute atomic E-state index is 0.0293. The van der Waals surface area contributed by atoms with Crippen molar-refractivity contribution in [2.24, 2.45) is 0 Å². The van der Waals surface area contributed by atoms with Crippen molar-refractivity contribution >= 4 is 17.7 Å². The van der Waals surface area contributed by atoms with Crippen LogP contribution in [0.1, 0.15) is 37.8 Å². The van der Waals surface area contributed by atoms with Gasteiger partial charge < -0.3 is 5.32 Å². The standard InChI is InChI=1S/C23H25FN4OS/c1-16(11-12-17-7-3-2-4-8-17)25-21(29)15-30-23-27-26-22(28(23)18-13-14-18)19-9-5-6-10-20(19)24/h2-10,16,18H,11-15H2,1H3,(H,25,29)/t16-/m0/s1. The van der Waals surface area contributed by atoms with E-state index in [1.54, 1.807) is 18.2 Å². The third kappa shape index (κ3) is 5.08. The number of nitrogens with zero attached hydrogens (tertiary/aromatic N) is 3. The van der Waals surface area contributed by atoms with Crippen LogP contribution < -0.4 is 5.32 Å². The number of halogens is 1. The number of carbonyl (C=O) groups is 1. The van der Waals surface area contributed by atoms with Gasteiger partial charge in [-0.2, -0.15) is 0 Å². The third-order valence-electron chi connectivity index (χ3n) is 5.14. The summed E-state index contributed by atoms with van der Waals surface area (Å²) in [5.74, 6) is 0.457. The highest BCUT2D eigenvalue weighted by molar-refractivity contribution is 7.99. The van der Waals surface area contributed by atoms with Gasteiger partial charge in [-0.1, -0.05) is 54.2 Å². The summed E-state index contributed by atoms with van der Waals surface area (Å²) in [7, 11) is 0. The molecule has 5 nitrogen and oxygen atoms in total. The number of carbonyl (C=O) groups excluding carboxylic acids is 1. The molecular formula is C23H25FN4OS. The normalized spacial score (nSPS) is 14.5. The molecule has 1 heterocycles. The van der Waals surface area contributed by atoms with Gasteiger partial charge in [-0.25, -0.2) is 4.39 Å². The third-order valence-corrected chi connectivity index (χ3v) is 6.08. The van der Waals surface area contributed by atoms with Crippen LogP contribution in [0.15, 0.2) is 59.8 Å². The van der Waals surface area contributed by atoms with Crippen LogP contribution in [-0.2, 0) is 11.2 Å². The monoisotopic (exact) mass is 424 g/mol. The van der Waals surface area contributed by atoms with Gasteiger partial charge in [0.15, 0.2) is 11.0 Å². The van der Waals surface area contributed by atoms with Gasteiger partial charge in [0.1, 0.15) is 5.82 Å². The maximum absolute atomic E-state index is 14.2. The number of rotatable bonds is 9. The molecule has 1 atom stereocenters. The van der Waals surface area contributed by atoms with Crippen molar-refractivity contribution < 1.29 is 9.18 Å². The number of hydrogen-bond acceptors (Lipinski definition) is 4. The van der Waals surface area contributed by atoms with Crippen LogP contribution in [0.4, 0.5) is 4.39 Å². The Morgan fingerprint density at radius 1 is 1.17 bits per heavy atom. The van der Waals surface area contributed by atoms with Crippen LogP contribution in [0.3, 0.4) is 0 Å². The topological polar surface area (TPSA) is 59.8 Å². The van der Waals surface area contributed by atoms with Gasteiger partial charge in [0.25, 0.3) is 0 Å². The number of amides is 1. The minimum atomic E-state index is -0.312. The number of hydrogen-bond donors (Lipinski definition) is 1. The number of thioether (sulfide) groups is 1. The van der Waals surface area contributed by atoms with Crippen LogP contribution in [-0.4, -0.2) is 32.5 Å². The van der Waals surface area contributed by atoms with Gasteiger partial charge in [-0.3, -0.25) is 9.36 Å². The van der Waals surface area contributed by atoms with Crippen molar-refractivity contribution in [3.05, 3.63) is 66.0 Å². The SMILES string of the molecule is C[C@@H](CCc1ccccc1)NC(=O)CSc1nnc(-c2ccccc2F)n1C1CC1. The van der Waals surface area contributed by atoms with E-state index in [-0.39, 0.29) is 29.6 Å². The highest BCUT2D eigenvalue weighted by Crippen LogP contribution is 2.41. The van der Waals surface area contributed by atoms with E-state index in [0.29, 0.717) is 16.5 Å². The van der Waals surface area contributed by atoms with Crippen molar-refractivity contribution in [3.8, 4) is 11.4 Å². The molecule has 2 aromatic carbocycles. The van der Waals surface area contributed by atoms with E-state index in [4.69, 9.17) is 0 Å². The van der Waals surface area contributed by atoms with Crippen molar-refractivity contribution in [1.82, 2.24) is 20.1 Å². The summed E-state index contributed by atoms with van der Waals surface area (Å²) >= 11 is 1.36. The van der Waals surface area contributed by atoms with Crippen molar-refractivity contribution in [3.63, 3.8) is 0 Å². The zero-order valence-electron chi connectivity index (χ0n) is 16.9. The summed E-state index contributed by atoms with van der Waals surface area (Å²) in [5, 5.41) is 12.2. The molecule has 0 saturated heterocycles. The average Bonchev–Trinajstić information content (AvgIpc) is 3.51. The molecule has 1 amide bonds. The molecule has 1 saturated carbocycles. The molecule has 0 bridgehead atoms. The van der Waals surface area contributed by atoms with Gasteiger partial charge in [0, 0.05) is 12.1 Å². The van der Waals surface area contributed by atoms with E-state index in [9.17, 15) is 9.18 Å². The van der Waals surface area contributed by atoms with Crippen LogP contribution in [0.2, 0.25) is 0 Å². The summed E-state index contributed by atoms with van der Waals surface area (Å²) in [6.45, 7) is 2.02. The molecule has 3 aromatic rings. The second kappa shape index (κ2) is 9.43. The molecule has 1 aliphatic rings. The molecule has 1 aromatic heterocycles. The first-order valence-corrected chi connectivity index (χ1v) is 11.3. The lowest BCUT2D eigenvalue weighted by Gasteiger charge is -2.14. The van der Waals surface area contributed by atoms with Crippen LogP contribution in [0, 0.1) is 5.82 Å². The fourth-order valence-electron chi connectivity index (χ4n) is 3.41. The minimum Gasteiger partial charge on any atom is -0.353 e. The molecule has 4 rings (SSSR count). The summed E-state index contributed by atoms with van der Waals surface area (Å²) in [6, 6.07) is 17.2. The van der Waals surface area contributed by atoms with Gasteiger partial charge in [0.05, 0.1) is 11.3 Å². The highest BCUT2D eigenvalue weighted by Gasteiger charge is 2.31. The fraction of sp³-hybridized carbons (Fsp3) is 0.348. The Balaban J connectivity index is 1.34. The summed E-state index contributed by atoms with van der Waals surface area (Å²) in [4.78, 5) is 12.4. The van der Waals surface area contributed by atoms with Gasteiger partial charge in [-0.05, 0) is 50.3 Å².